The lowest BCUT2D eigenvalue weighted by molar-refractivity contribution is 0.0988. The molecular weight excluding hydrogens is 232 g/mol. The first-order chi connectivity index (χ1) is 8.72. The van der Waals surface area contributed by atoms with Crippen molar-refractivity contribution >= 4 is 5.78 Å². The van der Waals surface area contributed by atoms with Crippen molar-refractivity contribution in [2.75, 3.05) is 7.11 Å². The summed E-state index contributed by atoms with van der Waals surface area (Å²) in [6.07, 6.45) is 4.22. The summed E-state index contributed by atoms with van der Waals surface area (Å²) in [7, 11) is 1.61. The quantitative estimate of drug-likeness (QED) is 0.736. The first kappa shape index (κ1) is 12.6. The number of aromatic nitrogens is 2. The molecule has 5 heteroatoms. The third-order valence-corrected chi connectivity index (χ3v) is 2.63. The lowest BCUT2D eigenvalue weighted by atomic mass is 10.2. The Morgan fingerprint density at radius 3 is 3.11 bits per heavy atom. The van der Waals surface area contributed by atoms with Crippen molar-refractivity contribution in [3.63, 3.8) is 0 Å². The first-order valence-electron chi connectivity index (χ1n) is 5.85. The van der Waals surface area contributed by atoms with E-state index < -0.39 is 0 Å². The second-order valence-corrected chi connectivity index (χ2v) is 4.07. The summed E-state index contributed by atoms with van der Waals surface area (Å²) >= 11 is 0. The van der Waals surface area contributed by atoms with Crippen LogP contribution in [-0.4, -0.2) is 22.6 Å². The number of methoxy groups -OCH3 is 1. The Morgan fingerprint density at radius 2 is 2.39 bits per heavy atom. The minimum Gasteiger partial charge on any atom is -0.377 e. The molecule has 0 saturated heterocycles. The number of hydrogen-bond donors (Lipinski definition) is 0. The molecule has 0 aliphatic rings. The van der Waals surface area contributed by atoms with Gasteiger partial charge >= 0.3 is 0 Å². The Morgan fingerprint density at radius 1 is 1.56 bits per heavy atom. The average Bonchev–Trinajstić information content (AvgIpc) is 2.99. The normalized spacial score (nSPS) is 10.8. The molecule has 2 aromatic heterocycles. The zero-order valence-electron chi connectivity index (χ0n) is 10.5. The van der Waals surface area contributed by atoms with Gasteiger partial charge < -0.3 is 13.8 Å². The van der Waals surface area contributed by atoms with E-state index in [1.165, 1.54) is 0 Å². The maximum Gasteiger partial charge on any atom is 0.164 e. The van der Waals surface area contributed by atoms with E-state index in [0.717, 1.165) is 11.3 Å². The summed E-state index contributed by atoms with van der Waals surface area (Å²) in [5.41, 5.74) is 1.55. The van der Waals surface area contributed by atoms with Gasteiger partial charge in [0.1, 0.15) is 12.3 Å². The molecule has 18 heavy (non-hydrogen) atoms. The van der Waals surface area contributed by atoms with E-state index in [4.69, 9.17) is 9.26 Å². The van der Waals surface area contributed by atoms with Crippen LogP contribution in [0.15, 0.2) is 29.0 Å². The summed E-state index contributed by atoms with van der Waals surface area (Å²) in [4.78, 5) is 11.5. The van der Waals surface area contributed by atoms with Crippen LogP contribution in [-0.2, 0) is 17.9 Å². The molecule has 0 fully saturated rings. The van der Waals surface area contributed by atoms with Crippen molar-refractivity contribution < 1.29 is 14.1 Å². The molecule has 0 bridgehead atoms. The third kappa shape index (κ3) is 2.87. The molecule has 0 aliphatic heterocycles. The van der Waals surface area contributed by atoms with E-state index in [0.29, 0.717) is 25.3 Å². The predicted octanol–water partition coefficient (Wildman–Crippen LogP) is 2.26. The Bertz CT molecular complexity index is 528. The maximum atomic E-state index is 11.5. The molecule has 0 aromatic carbocycles. The molecule has 96 valence electrons. The van der Waals surface area contributed by atoms with E-state index in [-0.39, 0.29) is 5.78 Å². The molecule has 0 aliphatic carbocycles. The molecule has 0 amide bonds. The minimum atomic E-state index is 0.147. The van der Waals surface area contributed by atoms with Gasteiger partial charge in [-0.2, -0.15) is 0 Å². The van der Waals surface area contributed by atoms with Crippen molar-refractivity contribution in [2.24, 2.45) is 0 Å². The lowest BCUT2D eigenvalue weighted by Crippen LogP contribution is -1.98. The van der Waals surface area contributed by atoms with Crippen LogP contribution < -0.4 is 0 Å². The van der Waals surface area contributed by atoms with Crippen LogP contribution >= 0.6 is 0 Å². The number of ketones is 1. The van der Waals surface area contributed by atoms with Crippen LogP contribution in [0, 0.1) is 0 Å². The Labute approximate surface area is 105 Å². The highest BCUT2D eigenvalue weighted by Crippen LogP contribution is 2.09. The fourth-order valence-electron chi connectivity index (χ4n) is 1.74. The fourth-order valence-corrected chi connectivity index (χ4v) is 1.74. The smallest absolute Gasteiger partial charge is 0.164 e. The van der Waals surface area contributed by atoms with Crippen LogP contribution in [0.2, 0.25) is 0 Å². The van der Waals surface area contributed by atoms with Crippen molar-refractivity contribution in [3.8, 4) is 0 Å². The van der Waals surface area contributed by atoms with Gasteiger partial charge in [-0.3, -0.25) is 4.79 Å². The number of hydrogen-bond acceptors (Lipinski definition) is 4. The summed E-state index contributed by atoms with van der Waals surface area (Å²) in [6.45, 7) is 2.86. The highest BCUT2D eigenvalue weighted by molar-refractivity contribution is 5.95. The molecule has 0 saturated carbocycles. The second kappa shape index (κ2) is 5.64. The standard InChI is InChI=1S/C13H16N2O3/c1-3-13(16)10-4-5-15(7-10)8-11-6-12(9-17-2)18-14-11/h4-7H,3,8-9H2,1-2H3. The zero-order chi connectivity index (χ0) is 13.0. The van der Waals surface area contributed by atoms with Crippen LogP contribution in [0.4, 0.5) is 0 Å². The van der Waals surface area contributed by atoms with Crippen LogP contribution in [0.1, 0.15) is 35.2 Å². The number of nitrogens with zero attached hydrogens (tertiary/aromatic N) is 2. The predicted molar refractivity (Wildman–Crippen MR) is 65.4 cm³/mol. The SMILES string of the molecule is CCC(=O)c1ccn(Cc2cc(COC)on2)c1. The molecular formula is C13H16N2O3. The number of carbonyl (C=O) groups is 1. The minimum absolute atomic E-state index is 0.147. The number of rotatable bonds is 6. The molecule has 2 rings (SSSR count). The molecule has 0 spiro atoms. The monoisotopic (exact) mass is 248 g/mol. The first-order valence-corrected chi connectivity index (χ1v) is 5.85. The Kier molecular flexibility index (Phi) is 3.94. The second-order valence-electron chi connectivity index (χ2n) is 4.07. The molecule has 0 unspecified atom stereocenters. The summed E-state index contributed by atoms with van der Waals surface area (Å²) in [5.74, 6) is 0.846. The summed E-state index contributed by atoms with van der Waals surface area (Å²) in [6, 6.07) is 3.67. The fraction of sp³-hybridized carbons (Fsp3) is 0.385. The molecule has 0 N–H and O–H groups in total. The van der Waals surface area contributed by atoms with Gasteiger partial charge in [0.05, 0.1) is 6.54 Å². The van der Waals surface area contributed by atoms with E-state index in [2.05, 4.69) is 5.16 Å². The Balaban J connectivity index is 2.04. The highest BCUT2D eigenvalue weighted by atomic mass is 16.5. The molecule has 0 atom stereocenters. The van der Waals surface area contributed by atoms with Crippen LogP contribution in [0.3, 0.4) is 0 Å². The van der Waals surface area contributed by atoms with Gasteiger partial charge in [0, 0.05) is 37.6 Å². The molecule has 2 heterocycles. The van der Waals surface area contributed by atoms with E-state index in [1.807, 2.05) is 36.0 Å². The number of ether oxygens (including phenoxy) is 1. The van der Waals surface area contributed by atoms with Gasteiger partial charge in [0.2, 0.25) is 0 Å². The maximum absolute atomic E-state index is 11.5. The zero-order valence-corrected chi connectivity index (χ0v) is 10.5. The van der Waals surface area contributed by atoms with Crippen molar-refractivity contribution in [1.29, 1.82) is 0 Å². The summed E-state index contributed by atoms with van der Waals surface area (Å²) in [5, 5.41) is 3.94. The molecule has 5 nitrogen and oxygen atoms in total. The largest absolute Gasteiger partial charge is 0.377 e. The van der Waals surface area contributed by atoms with Gasteiger partial charge in [-0.25, -0.2) is 0 Å². The van der Waals surface area contributed by atoms with Gasteiger partial charge in [0.15, 0.2) is 11.5 Å². The lowest BCUT2D eigenvalue weighted by Gasteiger charge is -1.97. The average molecular weight is 248 g/mol. The van der Waals surface area contributed by atoms with Gasteiger partial charge in [-0.15, -0.1) is 0 Å². The van der Waals surface area contributed by atoms with Gasteiger partial charge in [0.25, 0.3) is 0 Å². The van der Waals surface area contributed by atoms with E-state index >= 15 is 0 Å². The van der Waals surface area contributed by atoms with Crippen molar-refractivity contribution in [1.82, 2.24) is 9.72 Å². The molecule has 2 aromatic rings. The molecule has 0 radical (unpaired) electrons. The number of Topliss-reactive ketones (excluding diaryl/α,β-unsaturated/α-hetero) is 1. The Hall–Kier alpha value is -1.88. The van der Waals surface area contributed by atoms with Gasteiger partial charge in [-0.1, -0.05) is 12.1 Å². The van der Waals surface area contributed by atoms with Gasteiger partial charge in [-0.05, 0) is 6.07 Å². The highest BCUT2D eigenvalue weighted by Gasteiger charge is 2.07. The third-order valence-electron chi connectivity index (χ3n) is 2.63. The number of carbonyl (C=O) groups excluding carboxylic acids is 1. The van der Waals surface area contributed by atoms with Crippen molar-refractivity contribution in [3.05, 3.63) is 41.5 Å². The van der Waals surface area contributed by atoms with Crippen LogP contribution in [0.25, 0.3) is 0 Å². The topological polar surface area (TPSA) is 57.3 Å². The van der Waals surface area contributed by atoms with E-state index in [9.17, 15) is 4.79 Å². The van der Waals surface area contributed by atoms with Crippen molar-refractivity contribution in [2.45, 2.75) is 26.5 Å². The van der Waals surface area contributed by atoms with Crippen LogP contribution in [0.5, 0.6) is 0 Å². The van der Waals surface area contributed by atoms with E-state index in [1.54, 1.807) is 7.11 Å². The summed E-state index contributed by atoms with van der Waals surface area (Å²) < 4.78 is 12.0.